The fourth-order valence-corrected chi connectivity index (χ4v) is 1.81. The van der Waals surface area contributed by atoms with E-state index in [2.05, 4.69) is 36.1 Å². The van der Waals surface area contributed by atoms with Crippen LogP contribution in [-0.4, -0.2) is 16.7 Å². The van der Waals surface area contributed by atoms with E-state index in [1.807, 2.05) is 12.1 Å². The van der Waals surface area contributed by atoms with Crippen LogP contribution >= 0.6 is 0 Å². The van der Waals surface area contributed by atoms with Crippen LogP contribution in [0.5, 0.6) is 0 Å². The fourth-order valence-electron chi connectivity index (χ4n) is 1.81. The molecule has 1 aromatic carbocycles. The predicted molar refractivity (Wildman–Crippen MR) is 70.2 cm³/mol. The van der Waals surface area contributed by atoms with Gasteiger partial charge in [-0.15, -0.1) is 0 Å². The van der Waals surface area contributed by atoms with Gasteiger partial charge in [-0.05, 0) is 30.5 Å². The van der Waals surface area contributed by atoms with Crippen molar-refractivity contribution >= 4 is 0 Å². The molecule has 0 saturated carbocycles. The van der Waals surface area contributed by atoms with Crippen LogP contribution in [0.2, 0.25) is 0 Å². The molecule has 1 unspecified atom stereocenters. The highest BCUT2D eigenvalue weighted by Gasteiger charge is 2.10. The van der Waals surface area contributed by atoms with E-state index >= 15 is 0 Å². The summed E-state index contributed by atoms with van der Waals surface area (Å²) < 4.78 is 5.23. The second-order valence-electron chi connectivity index (χ2n) is 4.75. The van der Waals surface area contributed by atoms with E-state index in [1.54, 1.807) is 0 Å². The van der Waals surface area contributed by atoms with E-state index in [4.69, 9.17) is 10.3 Å². The normalized spacial score (nSPS) is 12.6. The van der Waals surface area contributed by atoms with Gasteiger partial charge in [0.05, 0.1) is 0 Å². The smallest absolute Gasteiger partial charge is 0.226 e. The standard InChI is InChI=1S/C14H19N3O/c1-10(9-15)7-14-16-13(17-18-14)8-12-6-4-3-5-11(12)2/h3-6,10H,7-9,15H2,1-2H3. The Hall–Kier alpha value is -1.68. The molecule has 0 spiro atoms. The second kappa shape index (κ2) is 5.78. The van der Waals surface area contributed by atoms with Crippen molar-refractivity contribution in [1.29, 1.82) is 0 Å². The topological polar surface area (TPSA) is 64.9 Å². The number of hydrogen-bond donors (Lipinski definition) is 1. The molecule has 0 aliphatic carbocycles. The van der Waals surface area contributed by atoms with Crippen molar-refractivity contribution in [1.82, 2.24) is 10.1 Å². The van der Waals surface area contributed by atoms with Gasteiger partial charge in [-0.2, -0.15) is 4.98 Å². The summed E-state index contributed by atoms with van der Waals surface area (Å²) in [6, 6.07) is 8.24. The summed E-state index contributed by atoms with van der Waals surface area (Å²) >= 11 is 0. The molecule has 1 atom stereocenters. The highest BCUT2D eigenvalue weighted by atomic mass is 16.5. The highest BCUT2D eigenvalue weighted by Crippen LogP contribution is 2.12. The van der Waals surface area contributed by atoms with E-state index in [-0.39, 0.29) is 0 Å². The molecule has 1 heterocycles. The average Bonchev–Trinajstić information content (AvgIpc) is 2.79. The third-order valence-corrected chi connectivity index (χ3v) is 3.05. The molecule has 2 N–H and O–H groups in total. The molecule has 0 radical (unpaired) electrons. The molecule has 4 heteroatoms. The van der Waals surface area contributed by atoms with E-state index < -0.39 is 0 Å². The van der Waals surface area contributed by atoms with Crippen LogP contribution in [0.25, 0.3) is 0 Å². The first-order chi connectivity index (χ1) is 8.69. The van der Waals surface area contributed by atoms with Crippen LogP contribution in [0.1, 0.15) is 29.8 Å². The van der Waals surface area contributed by atoms with Gasteiger partial charge in [-0.3, -0.25) is 0 Å². The van der Waals surface area contributed by atoms with Crippen molar-refractivity contribution in [3.63, 3.8) is 0 Å². The summed E-state index contributed by atoms with van der Waals surface area (Å²) in [6.45, 7) is 4.80. The lowest BCUT2D eigenvalue weighted by atomic mass is 10.1. The summed E-state index contributed by atoms with van der Waals surface area (Å²) in [6.07, 6.45) is 1.46. The molecule has 0 saturated heterocycles. The maximum atomic E-state index is 5.58. The first-order valence-corrected chi connectivity index (χ1v) is 6.25. The molecule has 1 aromatic heterocycles. The minimum absolute atomic E-state index is 0.372. The van der Waals surface area contributed by atoms with Crippen molar-refractivity contribution in [2.24, 2.45) is 11.7 Å². The third-order valence-electron chi connectivity index (χ3n) is 3.05. The Labute approximate surface area is 107 Å². The molecule has 18 heavy (non-hydrogen) atoms. The summed E-state index contributed by atoms with van der Waals surface area (Å²) in [5.41, 5.74) is 8.06. The van der Waals surface area contributed by atoms with Crippen molar-refractivity contribution in [2.75, 3.05) is 6.54 Å². The lowest BCUT2D eigenvalue weighted by Gasteiger charge is -2.02. The van der Waals surface area contributed by atoms with E-state index in [0.29, 0.717) is 24.8 Å². The molecule has 96 valence electrons. The largest absolute Gasteiger partial charge is 0.339 e. The molecule has 2 aromatic rings. The van der Waals surface area contributed by atoms with Crippen LogP contribution in [0.4, 0.5) is 0 Å². The molecule has 0 bridgehead atoms. The van der Waals surface area contributed by atoms with Crippen molar-refractivity contribution < 1.29 is 4.52 Å². The monoisotopic (exact) mass is 245 g/mol. The van der Waals surface area contributed by atoms with Gasteiger partial charge in [0, 0.05) is 12.8 Å². The quantitative estimate of drug-likeness (QED) is 0.876. The lowest BCUT2D eigenvalue weighted by molar-refractivity contribution is 0.356. The van der Waals surface area contributed by atoms with E-state index in [1.165, 1.54) is 11.1 Å². The van der Waals surface area contributed by atoms with Crippen LogP contribution in [-0.2, 0) is 12.8 Å². The number of rotatable bonds is 5. The van der Waals surface area contributed by atoms with Crippen LogP contribution in [0.15, 0.2) is 28.8 Å². The summed E-state index contributed by atoms with van der Waals surface area (Å²) in [4.78, 5) is 4.40. The Morgan fingerprint density at radius 3 is 2.83 bits per heavy atom. The number of nitrogens with zero attached hydrogens (tertiary/aromatic N) is 2. The minimum atomic E-state index is 0.372. The number of aromatic nitrogens is 2. The first kappa shape index (κ1) is 12.8. The predicted octanol–water partition coefficient (Wildman–Crippen LogP) is 2.11. The Morgan fingerprint density at radius 2 is 2.11 bits per heavy atom. The second-order valence-corrected chi connectivity index (χ2v) is 4.75. The van der Waals surface area contributed by atoms with Crippen molar-refractivity contribution in [3.8, 4) is 0 Å². The van der Waals surface area contributed by atoms with Gasteiger partial charge in [-0.1, -0.05) is 36.3 Å². The highest BCUT2D eigenvalue weighted by molar-refractivity contribution is 5.27. The Balaban J connectivity index is 2.05. The van der Waals surface area contributed by atoms with Gasteiger partial charge in [0.25, 0.3) is 0 Å². The lowest BCUT2D eigenvalue weighted by Crippen LogP contribution is -2.13. The number of nitrogens with two attached hydrogens (primary N) is 1. The molecular formula is C14H19N3O. The molecule has 0 aliphatic heterocycles. The zero-order valence-corrected chi connectivity index (χ0v) is 10.9. The number of benzene rings is 1. The van der Waals surface area contributed by atoms with Gasteiger partial charge < -0.3 is 10.3 Å². The van der Waals surface area contributed by atoms with Crippen LogP contribution in [0, 0.1) is 12.8 Å². The molecule has 4 nitrogen and oxygen atoms in total. The summed E-state index contributed by atoms with van der Waals surface area (Å²) in [5, 5.41) is 4.01. The van der Waals surface area contributed by atoms with Gasteiger partial charge in [0.1, 0.15) is 0 Å². The molecule has 2 rings (SSSR count). The number of hydrogen-bond acceptors (Lipinski definition) is 4. The SMILES string of the molecule is Cc1ccccc1Cc1noc(CC(C)CN)n1. The fraction of sp³-hybridized carbons (Fsp3) is 0.429. The molecule has 0 aliphatic rings. The van der Waals surface area contributed by atoms with Gasteiger partial charge in [0.15, 0.2) is 5.82 Å². The number of aryl methyl sites for hydroxylation is 1. The molecule has 0 fully saturated rings. The van der Waals surface area contributed by atoms with Crippen LogP contribution < -0.4 is 5.73 Å². The zero-order valence-electron chi connectivity index (χ0n) is 10.9. The van der Waals surface area contributed by atoms with E-state index in [0.717, 1.165) is 12.2 Å². The zero-order chi connectivity index (χ0) is 13.0. The van der Waals surface area contributed by atoms with Gasteiger partial charge >= 0.3 is 0 Å². The minimum Gasteiger partial charge on any atom is -0.339 e. The van der Waals surface area contributed by atoms with Crippen LogP contribution in [0.3, 0.4) is 0 Å². The maximum Gasteiger partial charge on any atom is 0.226 e. The van der Waals surface area contributed by atoms with Gasteiger partial charge in [-0.25, -0.2) is 0 Å². The van der Waals surface area contributed by atoms with Crippen molar-refractivity contribution in [3.05, 3.63) is 47.1 Å². The van der Waals surface area contributed by atoms with Crippen molar-refractivity contribution in [2.45, 2.75) is 26.7 Å². The summed E-state index contributed by atoms with van der Waals surface area (Å²) in [7, 11) is 0. The maximum absolute atomic E-state index is 5.58. The van der Waals surface area contributed by atoms with E-state index in [9.17, 15) is 0 Å². The Bertz CT molecular complexity index is 507. The van der Waals surface area contributed by atoms with Gasteiger partial charge in [0.2, 0.25) is 5.89 Å². The average molecular weight is 245 g/mol. The summed E-state index contributed by atoms with van der Waals surface area (Å²) in [5.74, 6) is 1.79. The Kier molecular flexibility index (Phi) is 4.10. The third kappa shape index (κ3) is 3.17. The first-order valence-electron chi connectivity index (χ1n) is 6.25. The molecular weight excluding hydrogens is 226 g/mol. The molecule has 0 amide bonds. The Morgan fingerprint density at radius 1 is 1.33 bits per heavy atom.